The Morgan fingerprint density at radius 3 is 2.42 bits per heavy atom. The summed E-state index contributed by atoms with van der Waals surface area (Å²) in [6.45, 7) is 7.17. The summed E-state index contributed by atoms with van der Waals surface area (Å²) in [5.41, 5.74) is -0.219. The number of carbonyl (C=O) groups excluding carboxylic acids is 3. The standard InChI is InChI=1S/C24H38N3O8P/c1-19(27(18-28)13-12-22(29)25-5)14-21(32-6)16-34-36(31,35-20-10-8-7-9-11-20)26-15-23(30)33-17-24(2,3)4/h7-13,18-19,21H,14-17H2,1-6H3,(H,25,29)(H,26,31)/b13-12-. The summed E-state index contributed by atoms with van der Waals surface area (Å²) in [7, 11) is -1.08. The SMILES string of the molecule is CNC(=O)/C=C\N(C=O)C(C)CC(COP(=O)(NCC(=O)OCC(C)(C)C)Oc1ccccc1)OC. The molecule has 202 valence electrons. The van der Waals surface area contributed by atoms with E-state index >= 15 is 0 Å². The van der Waals surface area contributed by atoms with E-state index in [1.165, 1.54) is 31.3 Å². The Bertz CT molecular complexity index is 904. The van der Waals surface area contributed by atoms with Gasteiger partial charge < -0.3 is 24.2 Å². The van der Waals surface area contributed by atoms with Crippen molar-refractivity contribution in [3.63, 3.8) is 0 Å². The van der Waals surface area contributed by atoms with Gasteiger partial charge in [0.15, 0.2) is 0 Å². The first-order chi connectivity index (χ1) is 16.9. The Balaban J connectivity index is 2.85. The van der Waals surface area contributed by atoms with E-state index in [1.54, 1.807) is 37.3 Å². The summed E-state index contributed by atoms with van der Waals surface area (Å²) in [5, 5.41) is 4.97. The molecule has 12 heteroatoms. The van der Waals surface area contributed by atoms with E-state index in [0.717, 1.165) is 0 Å². The van der Waals surface area contributed by atoms with Gasteiger partial charge in [-0.05, 0) is 30.9 Å². The molecule has 3 atom stereocenters. The predicted molar refractivity (Wildman–Crippen MR) is 135 cm³/mol. The maximum Gasteiger partial charge on any atom is 0.459 e. The van der Waals surface area contributed by atoms with Crippen LogP contribution in [0.4, 0.5) is 0 Å². The number of methoxy groups -OCH3 is 1. The summed E-state index contributed by atoms with van der Waals surface area (Å²) >= 11 is 0. The first-order valence-electron chi connectivity index (χ1n) is 11.5. The lowest BCUT2D eigenvalue weighted by molar-refractivity contribution is -0.145. The fourth-order valence-corrected chi connectivity index (χ4v) is 3.97. The molecule has 0 aliphatic carbocycles. The number of para-hydroxylation sites is 1. The zero-order valence-electron chi connectivity index (χ0n) is 21.8. The number of hydrogen-bond acceptors (Lipinski definition) is 8. The Hall–Kier alpha value is -2.72. The first-order valence-corrected chi connectivity index (χ1v) is 13.0. The van der Waals surface area contributed by atoms with E-state index in [2.05, 4.69) is 10.4 Å². The lowest BCUT2D eigenvalue weighted by Crippen LogP contribution is -2.34. The van der Waals surface area contributed by atoms with Crippen molar-refractivity contribution in [1.29, 1.82) is 0 Å². The Kier molecular flexibility index (Phi) is 13.4. The molecule has 0 saturated heterocycles. The molecule has 1 aromatic rings. The number of nitrogens with zero attached hydrogens (tertiary/aromatic N) is 1. The molecule has 1 rings (SSSR count). The molecule has 0 bridgehead atoms. The molecular formula is C24H38N3O8P. The second kappa shape index (κ2) is 15.4. The van der Waals surface area contributed by atoms with Crippen LogP contribution in [0.3, 0.4) is 0 Å². The summed E-state index contributed by atoms with van der Waals surface area (Å²) in [6, 6.07) is 8.02. The van der Waals surface area contributed by atoms with Crippen LogP contribution in [-0.4, -0.2) is 69.2 Å². The zero-order valence-corrected chi connectivity index (χ0v) is 22.7. The molecule has 11 nitrogen and oxygen atoms in total. The minimum atomic E-state index is -4.01. The third-order valence-electron chi connectivity index (χ3n) is 4.69. The highest BCUT2D eigenvalue weighted by Gasteiger charge is 2.30. The molecule has 1 aromatic carbocycles. The van der Waals surface area contributed by atoms with Gasteiger partial charge in [0.2, 0.25) is 12.3 Å². The van der Waals surface area contributed by atoms with Crippen LogP contribution in [-0.2, 0) is 32.9 Å². The number of hydrogen-bond donors (Lipinski definition) is 2. The fraction of sp³-hybridized carbons (Fsp3) is 0.542. The van der Waals surface area contributed by atoms with E-state index in [1.807, 2.05) is 20.8 Å². The van der Waals surface area contributed by atoms with E-state index in [9.17, 15) is 18.9 Å². The fourth-order valence-electron chi connectivity index (χ4n) is 2.67. The minimum Gasteiger partial charge on any atom is -0.464 e. The van der Waals surface area contributed by atoms with Crippen LogP contribution in [0.1, 0.15) is 34.1 Å². The molecule has 0 aromatic heterocycles. The molecule has 3 unspecified atom stereocenters. The van der Waals surface area contributed by atoms with Gasteiger partial charge in [0, 0.05) is 32.5 Å². The van der Waals surface area contributed by atoms with Gasteiger partial charge in [-0.15, -0.1) is 0 Å². The molecule has 0 aliphatic rings. The van der Waals surface area contributed by atoms with Gasteiger partial charge in [-0.3, -0.25) is 18.9 Å². The van der Waals surface area contributed by atoms with Crippen LogP contribution in [0.2, 0.25) is 0 Å². The van der Waals surface area contributed by atoms with E-state index in [-0.39, 0.29) is 36.3 Å². The van der Waals surface area contributed by atoms with Gasteiger partial charge >= 0.3 is 13.7 Å². The summed E-state index contributed by atoms with van der Waals surface area (Å²) in [6.07, 6.45) is 2.89. The number of carbonyl (C=O) groups is 3. The van der Waals surface area contributed by atoms with Crippen molar-refractivity contribution in [3.05, 3.63) is 42.6 Å². The molecule has 0 radical (unpaired) electrons. The van der Waals surface area contributed by atoms with Crippen LogP contribution >= 0.6 is 7.75 Å². The maximum absolute atomic E-state index is 13.5. The number of benzene rings is 1. The third kappa shape index (κ3) is 12.8. The highest BCUT2D eigenvalue weighted by atomic mass is 31.2. The second-order valence-electron chi connectivity index (χ2n) is 9.18. The van der Waals surface area contributed by atoms with Crippen LogP contribution in [0, 0.1) is 5.41 Å². The first kappa shape index (κ1) is 31.3. The van der Waals surface area contributed by atoms with Crippen molar-refractivity contribution in [2.24, 2.45) is 5.41 Å². The van der Waals surface area contributed by atoms with Crippen molar-refractivity contribution >= 4 is 26.0 Å². The minimum absolute atomic E-state index is 0.166. The van der Waals surface area contributed by atoms with Gasteiger partial charge in [-0.25, -0.2) is 9.65 Å². The van der Waals surface area contributed by atoms with Crippen molar-refractivity contribution in [2.75, 3.05) is 33.9 Å². The number of amides is 2. The number of likely N-dealkylation sites (N-methyl/N-ethyl adjacent to an activating group) is 1. The average Bonchev–Trinajstić information content (AvgIpc) is 2.84. The highest BCUT2D eigenvalue weighted by Crippen LogP contribution is 2.44. The Morgan fingerprint density at radius 1 is 1.19 bits per heavy atom. The molecule has 2 amide bonds. The second-order valence-corrected chi connectivity index (χ2v) is 10.9. The van der Waals surface area contributed by atoms with Crippen molar-refractivity contribution in [2.45, 2.75) is 46.3 Å². The molecule has 36 heavy (non-hydrogen) atoms. The molecule has 0 fully saturated rings. The van der Waals surface area contributed by atoms with Crippen molar-refractivity contribution < 1.29 is 37.5 Å². The van der Waals surface area contributed by atoms with E-state index in [0.29, 0.717) is 12.8 Å². The molecule has 0 saturated carbocycles. The van der Waals surface area contributed by atoms with Crippen molar-refractivity contribution in [1.82, 2.24) is 15.3 Å². The summed E-state index contributed by atoms with van der Waals surface area (Å²) in [5.74, 6) is -0.677. The van der Waals surface area contributed by atoms with E-state index in [4.69, 9.17) is 18.5 Å². The summed E-state index contributed by atoms with van der Waals surface area (Å²) < 4.78 is 35.3. The molecule has 0 spiro atoms. The smallest absolute Gasteiger partial charge is 0.459 e. The Labute approximate surface area is 213 Å². The summed E-state index contributed by atoms with van der Waals surface area (Å²) in [4.78, 5) is 36.3. The number of ether oxygens (including phenoxy) is 2. The van der Waals surface area contributed by atoms with Crippen LogP contribution in [0.25, 0.3) is 0 Å². The third-order valence-corrected chi connectivity index (χ3v) is 6.18. The highest BCUT2D eigenvalue weighted by molar-refractivity contribution is 7.52. The Morgan fingerprint density at radius 2 is 1.86 bits per heavy atom. The maximum atomic E-state index is 13.5. The van der Waals surface area contributed by atoms with Crippen LogP contribution < -0.4 is 14.9 Å². The normalized spacial score (nSPS) is 14.9. The molecule has 0 heterocycles. The van der Waals surface area contributed by atoms with Crippen LogP contribution in [0.5, 0.6) is 5.75 Å². The quantitative estimate of drug-likeness (QED) is 0.144. The van der Waals surface area contributed by atoms with Gasteiger partial charge in [0.05, 0.1) is 19.3 Å². The van der Waals surface area contributed by atoms with Gasteiger partial charge in [0.1, 0.15) is 12.3 Å². The average molecular weight is 528 g/mol. The predicted octanol–water partition coefficient (Wildman–Crippen LogP) is 2.88. The van der Waals surface area contributed by atoms with Gasteiger partial charge in [-0.1, -0.05) is 39.0 Å². The number of rotatable bonds is 16. The molecule has 0 aliphatic heterocycles. The molecular weight excluding hydrogens is 489 g/mol. The molecule has 2 N–H and O–H groups in total. The lowest BCUT2D eigenvalue weighted by Gasteiger charge is -2.27. The van der Waals surface area contributed by atoms with Gasteiger partial charge in [-0.2, -0.15) is 0 Å². The number of nitrogens with one attached hydrogen (secondary N) is 2. The van der Waals surface area contributed by atoms with Gasteiger partial charge in [0.25, 0.3) is 0 Å². The monoisotopic (exact) mass is 527 g/mol. The lowest BCUT2D eigenvalue weighted by atomic mass is 9.99. The van der Waals surface area contributed by atoms with Crippen molar-refractivity contribution in [3.8, 4) is 5.75 Å². The number of esters is 1. The topological polar surface area (TPSA) is 132 Å². The van der Waals surface area contributed by atoms with Crippen LogP contribution in [0.15, 0.2) is 42.6 Å². The van der Waals surface area contributed by atoms with E-state index < -0.39 is 26.4 Å². The largest absolute Gasteiger partial charge is 0.464 e. The zero-order chi connectivity index (χ0) is 27.2.